The van der Waals surface area contributed by atoms with Gasteiger partial charge in [0.1, 0.15) is 5.75 Å². The highest BCUT2D eigenvalue weighted by molar-refractivity contribution is 5.91. The summed E-state index contributed by atoms with van der Waals surface area (Å²) in [6.45, 7) is 3.65. The maximum atomic E-state index is 11.9. The maximum Gasteiger partial charge on any atom is 0.322 e. The molecule has 0 heterocycles. The van der Waals surface area contributed by atoms with E-state index < -0.39 is 0 Å². The van der Waals surface area contributed by atoms with E-state index >= 15 is 0 Å². The minimum atomic E-state index is -0.279. The van der Waals surface area contributed by atoms with Crippen molar-refractivity contribution in [1.82, 2.24) is 4.90 Å². The Kier molecular flexibility index (Phi) is 4.97. The van der Waals surface area contributed by atoms with E-state index in [1.165, 1.54) is 4.90 Å². The zero-order chi connectivity index (χ0) is 13.7. The molecule has 2 amide bonds. The first-order valence-electron chi connectivity index (χ1n) is 5.79. The summed E-state index contributed by atoms with van der Waals surface area (Å²) in [5.41, 5.74) is 1.67. The van der Waals surface area contributed by atoms with Gasteiger partial charge in [-0.25, -0.2) is 4.79 Å². The summed E-state index contributed by atoms with van der Waals surface area (Å²) < 4.78 is 5.21. The molecule has 5 heteroatoms. The molecule has 0 spiro atoms. The van der Waals surface area contributed by atoms with Crippen molar-refractivity contribution in [2.24, 2.45) is 0 Å². The number of carbonyl (C=O) groups excluding carboxylic acids is 1. The Hall–Kier alpha value is -1.75. The molecule has 0 radical (unpaired) electrons. The minimum absolute atomic E-state index is 0.0745. The molecule has 0 fully saturated rings. The van der Waals surface area contributed by atoms with E-state index in [9.17, 15) is 4.79 Å². The summed E-state index contributed by atoms with van der Waals surface area (Å²) in [7, 11) is 3.20. The van der Waals surface area contributed by atoms with Crippen molar-refractivity contribution < 1.29 is 14.6 Å². The molecule has 0 saturated heterocycles. The van der Waals surface area contributed by atoms with Crippen LogP contribution in [0.15, 0.2) is 18.2 Å². The van der Waals surface area contributed by atoms with Gasteiger partial charge in [0.25, 0.3) is 0 Å². The van der Waals surface area contributed by atoms with Crippen LogP contribution in [0, 0.1) is 6.92 Å². The lowest BCUT2D eigenvalue weighted by Crippen LogP contribution is -2.40. The smallest absolute Gasteiger partial charge is 0.322 e. The molecule has 5 nitrogen and oxygen atoms in total. The molecule has 0 aromatic heterocycles. The van der Waals surface area contributed by atoms with Gasteiger partial charge in [0.05, 0.1) is 25.4 Å². The number of likely N-dealkylation sites (N-methyl/N-ethyl adjacent to an activating group) is 1. The lowest BCUT2D eigenvalue weighted by atomic mass is 10.2. The van der Waals surface area contributed by atoms with Gasteiger partial charge < -0.3 is 20.1 Å². The molecule has 1 unspecified atom stereocenters. The number of nitrogens with zero attached hydrogens (tertiary/aromatic N) is 1. The molecule has 2 N–H and O–H groups in total. The molecule has 0 bridgehead atoms. The van der Waals surface area contributed by atoms with Crippen LogP contribution >= 0.6 is 0 Å². The molecule has 18 heavy (non-hydrogen) atoms. The van der Waals surface area contributed by atoms with E-state index in [0.29, 0.717) is 11.4 Å². The number of aliphatic hydroxyl groups excluding tert-OH is 1. The highest BCUT2D eigenvalue weighted by Gasteiger charge is 2.16. The third kappa shape index (κ3) is 3.37. The van der Waals surface area contributed by atoms with E-state index in [1.807, 2.05) is 19.1 Å². The summed E-state index contributed by atoms with van der Waals surface area (Å²) in [4.78, 5) is 13.4. The average Bonchev–Trinajstić information content (AvgIpc) is 2.38. The predicted molar refractivity (Wildman–Crippen MR) is 71.1 cm³/mol. The number of hydrogen-bond acceptors (Lipinski definition) is 3. The van der Waals surface area contributed by atoms with Crippen molar-refractivity contribution in [3.63, 3.8) is 0 Å². The molecule has 1 aromatic carbocycles. The number of aryl methyl sites for hydroxylation is 1. The monoisotopic (exact) mass is 252 g/mol. The second-order valence-electron chi connectivity index (χ2n) is 4.28. The van der Waals surface area contributed by atoms with Crippen molar-refractivity contribution >= 4 is 11.7 Å². The van der Waals surface area contributed by atoms with Crippen LogP contribution in [0.25, 0.3) is 0 Å². The average molecular weight is 252 g/mol. The SMILES string of the molecule is COc1cc(C)ccc1NC(=O)N(C)C(C)CO. The Labute approximate surface area is 107 Å². The second-order valence-corrected chi connectivity index (χ2v) is 4.28. The van der Waals surface area contributed by atoms with Crippen LogP contribution < -0.4 is 10.1 Å². The van der Waals surface area contributed by atoms with Crippen LogP contribution in [-0.2, 0) is 0 Å². The second kappa shape index (κ2) is 6.26. The molecule has 0 aliphatic heterocycles. The van der Waals surface area contributed by atoms with Gasteiger partial charge in [0.15, 0.2) is 0 Å². The highest BCUT2D eigenvalue weighted by atomic mass is 16.5. The molecule has 0 aliphatic rings. The fourth-order valence-electron chi connectivity index (χ4n) is 1.43. The zero-order valence-electron chi connectivity index (χ0n) is 11.2. The lowest BCUT2D eigenvalue weighted by molar-refractivity contribution is 0.166. The fourth-order valence-corrected chi connectivity index (χ4v) is 1.43. The van der Waals surface area contributed by atoms with Gasteiger partial charge in [-0.15, -0.1) is 0 Å². The number of methoxy groups -OCH3 is 1. The Morgan fingerprint density at radius 1 is 1.56 bits per heavy atom. The predicted octanol–water partition coefficient (Wildman–Crippen LogP) is 1.85. The molecule has 0 saturated carbocycles. The third-order valence-electron chi connectivity index (χ3n) is 2.84. The van der Waals surface area contributed by atoms with Crippen molar-refractivity contribution in [3.05, 3.63) is 23.8 Å². The number of urea groups is 1. The van der Waals surface area contributed by atoms with Crippen LogP contribution in [0.1, 0.15) is 12.5 Å². The Bertz CT molecular complexity index is 421. The number of amides is 2. The molecule has 1 aromatic rings. The number of carbonyl (C=O) groups is 1. The van der Waals surface area contributed by atoms with Crippen molar-refractivity contribution in [3.8, 4) is 5.75 Å². The Morgan fingerprint density at radius 2 is 2.22 bits per heavy atom. The maximum absolute atomic E-state index is 11.9. The summed E-state index contributed by atoms with van der Waals surface area (Å²) in [5, 5.41) is 11.8. The normalized spacial score (nSPS) is 11.8. The molecular weight excluding hydrogens is 232 g/mol. The summed E-state index contributed by atoms with van der Waals surface area (Å²) in [6.07, 6.45) is 0. The van der Waals surface area contributed by atoms with E-state index in [4.69, 9.17) is 9.84 Å². The first-order valence-corrected chi connectivity index (χ1v) is 5.79. The lowest BCUT2D eigenvalue weighted by Gasteiger charge is -2.24. The topological polar surface area (TPSA) is 61.8 Å². The van der Waals surface area contributed by atoms with Crippen LogP contribution in [-0.4, -0.2) is 42.8 Å². The first-order chi connectivity index (χ1) is 8.49. The number of ether oxygens (including phenoxy) is 1. The van der Waals surface area contributed by atoms with Gasteiger partial charge >= 0.3 is 6.03 Å². The largest absolute Gasteiger partial charge is 0.495 e. The summed E-state index contributed by atoms with van der Waals surface area (Å²) >= 11 is 0. The van der Waals surface area contributed by atoms with E-state index in [1.54, 1.807) is 27.1 Å². The molecule has 0 aliphatic carbocycles. The van der Waals surface area contributed by atoms with Crippen LogP contribution in [0.4, 0.5) is 10.5 Å². The van der Waals surface area contributed by atoms with Gasteiger partial charge in [0.2, 0.25) is 0 Å². The van der Waals surface area contributed by atoms with Gasteiger partial charge in [-0.1, -0.05) is 6.07 Å². The Balaban J connectivity index is 2.81. The number of aliphatic hydroxyl groups is 1. The Morgan fingerprint density at radius 3 is 2.78 bits per heavy atom. The molecular formula is C13H20N2O3. The first kappa shape index (κ1) is 14.3. The fraction of sp³-hybridized carbons (Fsp3) is 0.462. The van der Waals surface area contributed by atoms with Crippen molar-refractivity contribution in [2.75, 3.05) is 26.1 Å². The molecule has 1 rings (SSSR count). The van der Waals surface area contributed by atoms with Crippen molar-refractivity contribution in [1.29, 1.82) is 0 Å². The van der Waals surface area contributed by atoms with E-state index in [0.717, 1.165) is 5.56 Å². The summed E-state index contributed by atoms with van der Waals surface area (Å²) in [6, 6.07) is 5.03. The van der Waals surface area contributed by atoms with Gasteiger partial charge in [-0.3, -0.25) is 0 Å². The van der Waals surface area contributed by atoms with Gasteiger partial charge in [0, 0.05) is 7.05 Å². The zero-order valence-corrected chi connectivity index (χ0v) is 11.2. The summed E-state index contributed by atoms with van der Waals surface area (Å²) in [5.74, 6) is 0.619. The highest BCUT2D eigenvalue weighted by Crippen LogP contribution is 2.25. The quantitative estimate of drug-likeness (QED) is 0.859. The van der Waals surface area contributed by atoms with Gasteiger partial charge in [-0.2, -0.15) is 0 Å². The van der Waals surface area contributed by atoms with Gasteiger partial charge in [-0.05, 0) is 31.5 Å². The van der Waals surface area contributed by atoms with Crippen molar-refractivity contribution in [2.45, 2.75) is 19.9 Å². The standard InChI is InChI=1S/C13H20N2O3/c1-9-5-6-11(12(7-9)18-4)14-13(17)15(3)10(2)8-16/h5-7,10,16H,8H2,1-4H3,(H,14,17). The number of anilines is 1. The number of nitrogens with one attached hydrogen (secondary N) is 1. The minimum Gasteiger partial charge on any atom is -0.495 e. The van der Waals surface area contributed by atoms with Crippen LogP contribution in [0.2, 0.25) is 0 Å². The molecule has 1 atom stereocenters. The van der Waals surface area contributed by atoms with Crippen LogP contribution in [0.3, 0.4) is 0 Å². The number of benzene rings is 1. The van der Waals surface area contributed by atoms with E-state index in [-0.39, 0.29) is 18.7 Å². The molecule has 100 valence electrons. The van der Waals surface area contributed by atoms with E-state index in [2.05, 4.69) is 5.32 Å². The number of rotatable bonds is 4. The number of hydrogen-bond donors (Lipinski definition) is 2. The third-order valence-corrected chi connectivity index (χ3v) is 2.84. The van der Waals surface area contributed by atoms with Crippen LogP contribution in [0.5, 0.6) is 5.75 Å².